The topological polar surface area (TPSA) is 27.3 Å². The van der Waals surface area contributed by atoms with E-state index >= 15 is 0 Å². The van der Waals surface area contributed by atoms with Gasteiger partial charge in [0.05, 0.1) is 16.8 Å². The van der Waals surface area contributed by atoms with Gasteiger partial charge in [0.2, 0.25) is 0 Å². The molecule has 0 unspecified atom stereocenters. The Morgan fingerprint density at radius 3 is 2.40 bits per heavy atom. The van der Waals surface area contributed by atoms with E-state index in [2.05, 4.69) is 46.7 Å². The van der Waals surface area contributed by atoms with Gasteiger partial charge >= 0.3 is 0 Å². The van der Waals surface area contributed by atoms with E-state index in [1.807, 2.05) is 24.3 Å². The largest absolute Gasteiger partial charge is 0.372 e. The number of thiocarbonyl (C=S) groups is 1. The van der Waals surface area contributed by atoms with Gasteiger partial charge in [-0.2, -0.15) is 0 Å². The zero-order valence-electron chi connectivity index (χ0n) is 14.5. The molecule has 0 spiro atoms. The van der Waals surface area contributed by atoms with Gasteiger partial charge in [0.25, 0.3) is 0 Å². The first-order chi connectivity index (χ1) is 12.1. The van der Waals surface area contributed by atoms with E-state index in [9.17, 15) is 0 Å². The molecule has 0 bridgehead atoms. The third kappa shape index (κ3) is 4.86. The molecule has 1 heterocycles. The Balaban J connectivity index is 1.58. The van der Waals surface area contributed by atoms with Gasteiger partial charge in [-0.05, 0) is 68.2 Å². The van der Waals surface area contributed by atoms with Gasteiger partial charge in [-0.25, -0.2) is 0 Å². The zero-order chi connectivity index (χ0) is 17.6. The standard InChI is InChI=1S/C20H24ClN3S/c1-15(22-20(25)23-19-8-4-3-7-18(19)21)16-9-11-17(12-10-16)24-13-5-2-6-14-24/h3-4,7-12,15H,2,5-6,13-14H2,1H3,(H2,22,23,25)/t15-/m0/s1. The minimum Gasteiger partial charge on any atom is -0.372 e. The van der Waals surface area contributed by atoms with Crippen LogP contribution in [-0.4, -0.2) is 18.2 Å². The second kappa shape index (κ2) is 8.54. The van der Waals surface area contributed by atoms with Crippen LogP contribution in [0, 0.1) is 0 Å². The molecule has 1 aliphatic heterocycles. The van der Waals surface area contributed by atoms with Crippen LogP contribution in [0.5, 0.6) is 0 Å². The maximum atomic E-state index is 6.16. The first kappa shape index (κ1) is 18.0. The second-order valence-corrected chi connectivity index (χ2v) is 7.25. The number of para-hydroxylation sites is 1. The maximum Gasteiger partial charge on any atom is 0.171 e. The van der Waals surface area contributed by atoms with Crippen LogP contribution >= 0.6 is 23.8 Å². The lowest BCUT2D eigenvalue weighted by atomic mass is 10.1. The Bertz CT molecular complexity index is 711. The molecule has 1 fully saturated rings. The highest BCUT2D eigenvalue weighted by atomic mass is 35.5. The van der Waals surface area contributed by atoms with E-state index in [0.717, 1.165) is 5.69 Å². The van der Waals surface area contributed by atoms with Crippen LogP contribution in [0.4, 0.5) is 11.4 Å². The van der Waals surface area contributed by atoms with E-state index < -0.39 is 0 Å². The fourth-order valence-corrected chi connectivity index (χ4v) is 3.60. The van der Waals surface area contributed by atoms with Crippen molar-refractivity contribution >= 4 is 40.3 Å². The average Bonchev–Trinajstić information content (AvgIpc) is 2.64. The van der Waals surface area contributed by atoms with Crippen molar-refractivity contribution in [3.05, 3.63) is 59.1 Å². The van der Waals surface area contributed by atoms with E-state index in [-0.39, 0.29) is 6.04 Å². The molecule has 132 valence electrons. The van der Waals surface area contributed by atoms with Crippen molar-refractivity contribution in [1.82, 2.24) is 5.32 Å². The molecular weight excluding hydrogens is 350 g/mol. The van der Waals surface area contributed by atoms with Crippen LogP contribution in [0.2, 0.25) is 5.02 Å². The lowest BCUT2D eigenvalue weighted by Gasteiger charge is -2.29. The Morgan fingerprint density at radius 1 is 1.04 bits per heavy atom. The number of halogens is 1. The van der Waals surface area contributed by atoms with Gasteiger partial charge < -0.3 is 15.5 Å². The van der Waals surface area contributed by atoms with Gasteiger partial charge in [0.15, 0.2) is 5.11 Å². The number of rotatable bonds is 4. The normalized spacial score (nSPS) is 15.5. The Morgan fingerprint density at radius 2 is 1.72 bits per heavy atom. The molecule has 3 nitrogen and oxygen atoms in total. The van der Waals surface area contributed by atoms with Crippen LogP contribution in [0.25, 0.3) is 0 Å². The number of nitrogens with zero attached hydrogens (tertiary/aromatic N) is 1. The van der Waals surface area contributed by atoms with E-state index in [4.69, 9.17) is 23.8 Å². The molecule has 0 saturated carbocycles. The molecule has 0 aliphatic carbocycles. The number of benzene rings is 2. The average molecular weight is 374 g/mol. The first-order valence-corrected chi connectivity index (χ1v) is 9.59. The highest BCUT2D eigenvalue weighted by Crippen LogP contribution is 2.23. The minimum atomic E-state index is 0.123. The molecule has 0 radical (unpaired) electrons. The number of hydrogen-bond donors (Lipinski definition) is 2. The van der Waals surface area contributed by atoms with Crippen LogP contribution in [-0.2, 0) is 0 Å². The molecular formula is C20H24ClN3S. The van der Waals surface area contributed by atoms with Crippen molar-refractivity contribution in [3.8, 4) is 0 Å². The fraction of sp³-hybridized carbons (Fsp3) is 0.350. The predicted molar refractivity (Wildman–Crippen MR) is 112 cm³/mol. The molecule has 5 heteroatoms. The van der Waals surface area contributed by atoms with Crippen LogP contribution in [0.3, 0.4) is 0 Å². The Hall–Kier alpha value is -1.78. The molecule has 1 saturated heterocycles. The summed E-state index contributed by atoms with van der Waals surface area (Å²) in [6.45, 7) is 4.44. The van der Waals surface area contributed by atoms with Crippen LogP contribution in [0.1, 0.15) is 37.8 Å². The van der Waals surface area contributed by atoms with Crippen molar-refractivity contribution in [2.24, 2.45) is 0 Å². The van der Waals surface area contributed by atoms with Gasteiger partial charge in [-0.1, -0.05) is 35.9 Å². The number of hydrogen-bond acceptors (Lipinski definition) is 2. The number of anilines is 2. The number of piperidine rings is 1. The highest BCUT2D eigenvalue weighted by molar-refractivity contribution is 7.80. The summed E-state index contributed by atoms with van der Waals surface area (Å²) in [5.74, 6) is 0. The summed E-state index contributed by atoms with van der Waals surface area (Å²) >= 11 is 11.6. The zero-order valence-corrected chi connectivity index (χ0v) is 16.0. The van der Waals surface area contributed by atoms with Crippen molar-refractivity contribution in [2.45, 2.75) is 32.2 Å². The molecule has 3 rings (SSSR count). The predicted octanol–water partition coefficient (Wildman–Crippen LogP) is 5.38. The SMILES string of the molecule is C[C@H](NC(=S)Nc1ccccc1Cl)c1ccc(N2CCCCC2)cc1. The van der Waals surface area contributed by atoms with Crippen molar-refractivity contribution < 1.29 is 0 Å². The summed E-state index contributed by atoms with van der Waals surface area (Å²) < 4.78 is 0. The molecule has 1 aliphatic rings. The summed E-state index contributed by atoms with van der Waals surface area (Å²) in [6.07, 6.45) is 3.94. The van der Waals surface area contributed by atoms with Crippen molar-refractivity contribution in [2.75, 3.05) is 23.3 Å². The smallest absolute Gasteiger partial charge is 0.171 e. The van der Waals surface area contributed by atoms with E-state index in [0.29, 0.717) is 10.1 Å². The monoisotopic (exact) mass is 373 g/mol. The molecule has 0 amide bonds. The fourth-order valence-electron chi connectivity index (χ4n) is 3.13. The van der Waals surface area contributed by atoms with Gasteiger partial charge in [0.1, 0.15) is 0 Å². The minimum absolute atomic E-state index is 0.123. The van der Waals surface area contributed by atoms with E-state index in [1.54, 1.807) is 0 Å². The van der Waals surface area contributed by atoms with Gasteiger partial charge in [-0.15, -0.1) is 0 Å². The summed E-state index contributed by atoms with van der Waals surface area (Å²) in [5, 5.41) is 7.70. The van der Waals surface area contributed by atoms with Gasteiger partial charge in [0, 0.05) is 18.8 Å². The quantitative estimate of drug-likeness (QED) is 0.704. The summed E-state index contributed by atoms with van der Waals surface area (Å²) in [7, 11) is 0. The Kier molecular flexibility index (Phi) is 6.16. The third-order valence-electron chi connectivity index (χ3n) is 4.58. The summed E-state index contributed by atoms with van der Waals surface area (Å²) in [5.41, 5.74) is 3.34. The summed E-state index contributed by atoms with van der Waals surface area (Å²) in [6, 6.07) is 16.5. The van der Waals surface area contributed by atoms with Crippen molar-refractivity contribution in [3.63, 3.8) is 0 Å². The van der Waals surface area contributed by atoms with Crippen LogP contribution < -0.4 is 15.5 Å². The molecule has 25 heavy (non-hydrogen) atoms. The lowest BCUT2D eigenvalue weighted by Crippen LogP contribution is -2.31. The second-order valence-electron chi connectivity index (χ2n) is 6.44. The summed E-state index contributed by atoms with van der Waals surface area (Å²) in [4.78, 5) is 2.47. The number of nitrogens with one attached hydrogen (secondary N) is 2. The maximum absolute atomic E-state index is 6.16. The van der Waals surface area contributed by atoms with Crippen molar-refractivity contribution in [1.29, 1.82) is 0 Å². The lowest BCUT2D eigenvalue weighted by molar-refractivity contribution is 0.577. The first-order valence-electron chi connectivity index (χ1n) is 8.80. The Labute approximate surface area is 160 Å². The molecule has 2 aromatic rings. The van der Waals surface area contributed by atoms with Gasteiger partial charge in [-0.3, -0.25) is 0 Å². The van der Waals surface area contributed by atoms with E-state index in [1.165, 1.54) is 43.6 Å². The van der Waals surface area contributed by atoms with Crippen LogP contribution in [0.15, 0.2) is 48.5 Å². The third-order valence-corrected chi connectivity index (χ3v) is 5.13. The molecule has 0 aromatic heterocycles. The molecule has 2 aromatic carbocycles. The molecule has 2 N–H and O–H groups in total. The molecule has 1 atom stereocenters. The highest BCUT2D eigenvalue weighted by Gasteiger charge is 2.12.